The van der Waals surface area contributed by atoms with E-state index < -0.39 is 0 Å². The number of rotatable bonds is 2. The third-order valence-corrected chi connectivity index (χ3v) is 1.51. The molecule has 0 amide bonds. The Hall–Kier alpha value is -1.09. The lowest BCUT2D eigenvalue weighted by Crippen LogP contribution is -2.13. The van der Waals surface area contributed by atoms with Crippen molar-refractivity contribution < 1.29 is 9.59 Å². The molecule has 11 heavy (non-hydrogen) atoms. The number of hydrogen-bond acceptors (Lipinski definition) is 2. The molecule has 0 unspecified atom stereocenters. The summed E-state index contributed by atoms with van der Waals surface area (Å²) in [5, 5.41) is 0. The van der Waals surface area contributed by atoms with Gasteiger partial charge in [-0.15, -0.1) is 11.6 Å². The van der Waals surface area contributed by atoms with Crippen molar-refractivity contribution >= 4 is 23.8 Å². The maximum atomic E-state index is 10.9. The summed E-state index contributed by atoms with van der Waals surface area (Å²) in [4.78, 5) is 21.2. The van der Waals surface area contributed by atoms with Crippen LogP contribution in [0.2, 0.25) is 0 Å². The Bertz CT molecular complexity index is 280. The zero-order chi connectivity index (χ0) is 8.27. The van der Waals surface area contributed by atoms with E-state index in [9.17, 15) is 9.59 Å². The van der Waals surface area contributed by atoms with E-state index in [4.69, 9.17) is 11.6 Å². The summed E-state index contributed by atoms with van der Waals surface area (Å²) in [5.41, 5.74) is 0.329. The highest BCUT2D eigenvalue weighted by molar-refractivity contribution is 6.27. The third kappa shape index (κ3) is 1.49. The molecule has 1 aromatic heterocycles. The minimum absolute atomic E-state index is 0.116. The highest BCUT2D eigenvalue weighted by Crippen LogP contribution is 1.99. The van der Waals surface area contributed by atoms with Crippen LogP contribution < -0.4 is 0 Å². The predicted octanol–water partition coefficient (Wildman–Crippen LogP) is 1.18. The average Bonchev–Trinajstić information content (AvgIpc) is 2.50. The maximum Gasteiger partial charge on any atom is 0.246 e. The zero-order valence-corrected chi connectivity index (χ0v) is 6.41. The Labute approximate surface area is 68.6 Å². The van der Waals surface area contributed by atoms with Crippen molar-refractivity contribution in [2.24, 2.45) is 0 Å². The number of hydrogen-bond donors (Lipinski definition) is 0. The summed E-state index contributed by atoms with van der Waals surface area (Å²) in [7, 11) is 0. The van der Waals surface area contributed by atoms with Crippen molar-refractivity contribution in [1.82, 2.24) is 4.57 Å². The van der Waals surface area contributed by atoms with Crippen molar-refractivity contribution in [3.8, 4) is 0 Å². The molecule has 1 aromatic rings. The van der Waals surface area contributed by atoms with E-state index in [1.807, 2.05) is 0 Å². The highest BCUT2D eigenvalue weighted by Gasteiger charge is 2.05. The molecule has 1 rings (SSSR count). The van der Waals surface area contributed by atoms with E-state index in [-0.39, 0.29) is 11.8 Å². The van der Waals surface area contributed by atoms with Crippen molar-refractivity contribution in [3.05, 3.63) is 24.0 Å². The number of halogens is 1. The topological polar surface area (TPSA) is 39.1 Å². The van der Waals surface area contributed by atoms with Crippen LogP contribution in [0.1, 0.15) is 15.3 Å². The van der Waals surface area contributed by atoms with E-state index in [1.165, 1.54) is 10.8 Å². The van der Waals surface area contributed by atoms with E-state index in [2.05, 4.69) is 0 Å². The van der Waals surface area contributed by atoms with Gasteiger partial charge in [-0.1, -0.05) is 0 Å². The molecule has 0 aliphatic rings. The lowest BCUT2D eigenvalue weighted by molar-refractivity contribution is 0.0928. The van der Waals surface area contributed by atoms with Crippen LogP contribution in [-0.4, -0.2) is 22.6 Å². The standard InChI is InChI=1S/C7H6ClNO2/c8-4-7(11)9-3-1-2-6(9)5-10/h1-3,5H,4H2. The molecule has 0 aliphatic carbocycles. The smallest absolute Gasteiger partial charge is 0.246 e. The highest BCUT2D eigenvalue weighted by atomic mass is 35.5. The predicted molar refractivity (Wildman–Crippen MR) is 41.2 cm³/mol. The Kier molecular flexibility index (Phi) is 2.44. The molecule has 0 bridgehead atoms. The van der Waals surface area contributed by atoms with Gasteiger partial charge in [0.25, 0.3) is 0 Å². The van der Waals surface area contributed by atoms with Crippen LogP contribution in [-0.2, 0) is 0 Å². The minimum Gasteiger partial charge on any atom is -0.296 e. The Morgan fingerprint density at radius 2 is 2.45 bits per heavy atom. The van der Waals surface area contributed by atoms with E-state index in [1.54, 1.807) is 12.1 Å². The summed E-state index contributed by atoms with van der Waals surface area (Å²) in [6, 6.07) is 3.17. The Balaban J connectivity index is 3.01. The lowest BCUT2D eigenvalue weighted by atomic mass is 10.5. The molecule has 0 saturated carbocycles. The number of carbonyl (C=O) groups is 2. The molecule has 0 aliphatic heterocycles. The van der Waals surface area contributed by atoms with Crippen LogP contribution in [0.3, 0.4) is 0 Å². The SMILES string of the molecule is O=Cc1cccn1C(=O)CCl. The number of alkyl halides is 1. The molecule has 0 fully saturated rings. The zero-order valence-electron chi connectivity index (χ0n) is 5.66. The fourth-order valence-corrected chi connectivity index (χ4v) is 0.910. The first-order valence-corrected chi connectivity index (χ1v) is 3.54. The first kappa shape index (κ1) is 8.01. The molecule has 1 heterocycles. The van der Waals surface area contributed by atoms with E-state index >= 15 is 0 Å². The van der Waals surface area contributed by atoms with Gasteiger partial charge in [0, 0.05) is 6.20 Å². The second kappa shape index (κ2) is 3.34. The van der Waals surface area contributed by atoms with Crippen molar-refractivity contribution in [3.63, 3.8) is 0 Å². The van der Waals surface area contributed by atoms with Crippen molar-refractivity contribution in [2.45, 2.75) is 0 Å². The molecular weight excluding hydrogens is 166 g/mol. The van der Waals surface area contributed by atoms with Gasteiger partial charge in [-0.25, -0.2) is 0 Å². The van der Waals surface area contributed by atoms with Crippen LogP contribution in [0.25, 0.3) is 0 Å². The number of carbonyl (C=O) groups excluding carboxylic acids is 2. The fraction of sp³-hybridized carbons (Fsp3) is 0.143. The summed E-state index contributed by atoms with van der Waals surface area (Å²) in [6.45, 7) is 0. The molecule has 0 spiro atoms. The van der Waals surface area contributed by atoms with Crippen molar-refractivity contribution in [2.75, 3.05) is 5.88 Å². The number of aldehydes is 1. The Morgan fingerprint density at radius 3 is 3.00 bits per heavy atom. The molecule has 58 valence electrons. The summed E-state index contributed by atoms with van der Waals surface area (Å²) in [6.07, 6.45) is 2.12. The molecule has 0 aromatic carbocycles. The molecule has 0 N–H and O–H groups in total. The second-order valence-electron chi connectivity index (χ2n) is 1.95. The van der Waals surface area contributed by atoms with Gasteiger partial charge < -0.3 is 0 Å². The normalized spacial score (nSPS) is 9.55. The number of nitrogens with zero attached hydrogens (tertiary/aromatic N) is 1. The summed E-state index contributed by atoms with van der Waals surface area (Å²) >= 11 is 5.29. The van der Waals surface area contributed by atoms with Crippen molar-refractivity contribution in [1.29, 1.82) is 0 Å². The van der Waals surface area contributed by atoms with Crippen LogP contribution >= 0.6 is 11.6 Å². The van der Waals surface area contributed by atoms with Gasteiger partial charge in [0.05, 0.1) is 5.69 Å². The summed E-state index contributed by atoms with van der Waals surface area (Å²) in [5.74, 6) is -0.408. The monoisotopic (exact) mass is 171 g/mol. The van der Waals surface area contributed by atoms with Gasteiger partial charge in [0.15, 0.2) is 6.29 Å². The first-order valence-electron chi connectivity index (χ1n) is 3.01. The van der Waals surface area contributed by atoms with E-state index in [0.29, 0.717) is 12.0 Å². The minimum atomic E-state index is -0.293. The van der Waals surface area contributed by atoms with Gasteiger partial charge in [0.2, 0.25) is 5.91 Å². The summed E-state index contributed by atoms with van der Waals surface area (Å²) < 4.78 is 1.22. The van der Waals surface area contributed by atoms with Crippen LogP contribution in [0.4, 0.5) is 0 Å². The molecule has 3 nitrogen and oxygen atoms in total. The van der Waals surface area contributed by atoms with Gasteiger partial charge in [0.1, 0.15) is 5.88 Å². The lowest BCUT2D eigenvalue weighted by Gasteiger charge is -1.97. The fourth-order valence-electron chi connectivity index (χ4n) is 0.782. The van der Waals surface area contributed by atoms with Gasteiger partial charge >= 0.3 is 0 Å². The quantitative estimate of drug-likeness (QED) is 0.495. The Morgan fingerprint density at radius 1 is 1.73 bits per heavy atom. The van der Waals surface area contributed by atoms with E-state index in [0.717, 1.165) is 0 Å². The van der Waals surface area contributed by atoms with Crippen LogP contribution in [0.5, 0.6) is 0 Å². The van der Waals surface area contributed by atoms with Crippen LogP contribution in [0.15, 0.2) is 18.3 Å². The molecular formula is C7H6ClNO2. The van der Waals surface area contributed by atoms with Gasteiger partial charge in [-0.2, -0.15) is 0 Å². The molecule has 0 atom stereocenters. The molecule has 0 radical (unpaired) electrons. The van der Waals surface area contributed by atoms with Gasteiger partial charge in [-0.05, 0) is 12.1 Å². The maximum absolute atomic E-state index is 10.9. The first-order chi connectivity index (χ1) is 5.29. The van der Waals surface area contributed by atoms with Gasteiger partial charge in [-0.3, -0.25) is 14.2 Å². The molecule has 0 saturated heterocycles. The third-order valence-electron chi connectivity index (χ3n) is 1.28. The largest absolute Gasteiger partial charge is 0.296 e. The second-order valence-corrected chi connectivity index (χ2v) is 2.22. The number of aromatic nitrogens is 1. The molecule has 4 heteroatoms. The van der Waals surface area contributed by atoms with Crippen LogP contribution in [0, 0.1) is 0 Å². The average molecular weight is 172 g/mol.